The number of aliphatic hydroxyl groups is 1. The standard InChI is InChI=1S/C10H17N3O2/c14-8-9-7-13(12-11-9)5-1-3-10-4-2-6-15-10/h7,10,14H,1-6,8H2. The average molecular weight is 211 g/mol. The fraction of sp³-hybridized carbons (Fsp3) is 0.800. The quantitative estimate of drug-likeness (QED) is 0.780. The van der Waals surface area contributed by atoms with Gasteiger partial charge < -0.3 is 9.84 Å². The van der Waals surface area contributed by atoms with Crippen LogP contribution in [0, 0.1) is 0 Å². The summed E-state index contributed by atoms with van der Waals surface area (Å²) in [6, 6.07) is 0. The smallest absolute Gasteiger partial charge is 0.108 e. The van der Waals surface area contributed by atoms with E-state index in [1.54, 1.807) is 10.9 Å². The SMILES string of the molecule is OCc1cn(CCCC2CCCO2)nn1. The molecule has 0 aliphatic carbocycles. The Morgan fingerprint density at radius 2 is 2.53 bits per heavy atom. The van der Waals surface area contributed by atoms with Gasteiger partial charge in [-0.25, -0.2) is 0 Å². The number of aryl methyl sites for hydroxylation is 1. The van der Waals surface area contributed by atoms with Crippen molar-refractivity contribution in [2.24, 2.45) is 0 Å². The van der Waals surface area contributed by atoms with Crippen molar-refractivity contribution < 1.29 is 9.84 Å². The molecule has 5 nitrogen and oxygen atoms in total. The van der Waals surface area contributed by atoms with Crippen LogP contribution in [0.5, 0.6) is 0 Å². The second kappa shape index (κ2) is 5.23. The molecule has 1 aromatic heterocycles. The predicted molar refractivity (Wildman–Crippen MR) is 54.2 cm³/mol. The van der Waals surface area contributed by atoms with Gasteiger partial charge in [0.1, 0.15) is 5.69 Å². The number of aromatic nitrogens is 3. The third-order valence-electron chi connectivity index (χ3n) is 2.69. The summed E-state index contributed by atoms with van der Waals surface area (Å²) >= 11 is 0. The topological polar surface area (TPSA) is 60.2 Å². The van der Waals surface area contributed by atoms with Crippen LogP contribution in [0.25, 0.3) is 0 Å². The minimum atomic E-state index is -0.0360. The number of rotatable bonds is 5. The van der Waals surface area contributed by atoms with Crippen LogP contribution < -0.4 is 0 Å². The Morgan fingerprint density at radius 3 is 3.20 bits per heavy atom. The summed E-state index contributed by atoms with van der Waals surface area (Å²) in [5.74, 6) is 0. The van der Waals surface area contributed by atoms with Crippen LogP contribution in [0.15, 0.2) is 6.20 Å². The lowest BCUT2D eigenvalue weighted by molar-refractivity contribution is 0.101. The lowest BCUT2D eigenvalue weighted by atomic mass is 10.1. The van der Waals surface area contributed by atoms with Crippen LogP contribution in [0.1, 0.15) is 31.4 Å². The van der Waals surface area contributed by atoms with Gasteiger partial charge in [-0.2, -0.15) is 0 Å². The third kappa shape index (κ3) is 3.00. The molecule has 0 saturated carbocycles. The summed E-state index contributed by atoms with van der Waals surface area (Å²) in [5, 5.41) is 16.5. The predicted octanol–water partition coefficient (Wildman–Crippen LogP) is 0.730. The number of ether oxygens (including phenoxy) is 1. The zero-order valence-corrected chi connectivity index (χ0v) is 8.80. The molecule has 0 spiro atoms. The van der Waals surface area contributed by atoms with E-state index >= 15 is 0 Å². The van der Waals surface area contributed by atoms with Crippen LogP contribution in [0.4, 0.5) is 0 Å². The number of nitrogens with zero attached hydrogens (tertiary/aromatic N) is 3. The van der Waals surface area contributed by atoms with Gasteiger partial charge in [0.05, 0.1) is 18.9 Å². The summed E-state index contributed by atoms with van der Waals surface area (Å²) in [5.41, 5.74) is 0.632. The minimum Gasteiger partial charge on any atom is -0.390 e. The molecular weight excluding hydrogens is 194 g/mol. The average Bonchev–Trinajstić information content (AvgIpc) is 2.88. The Kier molecular flexibility index (Phi) is 3.69. The molecule has 1 unspecified atom stereocenters. The lowest BCUT2D eigenvalue weighted by Crippen LogP contribution is -2.07. The monoisotopic (exact) mass is 211 g/mol. The normalized spacial score (nSPS) is 21.0. The Bertz CT molecular complexity index is 295. The van der Waals surface area contributed by atoms with E-state index in [4.69, 9.17) is 9.84 Å². The molecule has 1 aliphatic heterocycles. The second-order valence-corrected chi connectivity index (χ2v) is 3.91. The molecule has 0 radical (unpaired) electrons. The van der Waals surface area contributed by atoms with Gasteiger partial charge in [0.2, 0.25) is 0 Å². The zero-order chi connectivity index (χ0) is 10.5. The Balaban J connectivity index is 1.68. The maximum absolute atomic E-state index is 8.81. The molecule has 1 N–H and O–H groups in total. The molecular formula is C10H17N3O2. The van der Waals surface area contributed by atoms with Crippen LogP contribution >= 0.6 is 0 Å². The van der Waals surface area contributed by atoms with Crippen molar-refractivity contribution in [1.82, 2.24) is 15.0 Å². The van der Waals surface area contributed by atoms with E-state index in [1.165, 1.54) is 12.8 Å². The van der Waals surface area contributed by atoms with Crippen molar-refractivity contribution in [2.75, 3.05) is 6.61 Å². The highest BCUT2D eigenvalue weighted by atomic mass is 16.5. The van der Waals surface area contributed by atoms with Crippen molar-refractivity contribution in [2.45, 2.75) is 44.9 Å². The van der Waals surface area contributed by atoms with Gasteiger partial charge in [-0.05, 0) is 25.7 Å². The van der Waals surface area contributed by atoms with Gasteiger partial charge in [-0.1, -0.05) is 5.21 Å². The Labute approximate surface area is 89.0 Å². The molecule has 5 heteroatoms. The second-order valence-electron chi connectivity index (χ2n) is 3.91. The summed E-state index contributed by atoms with van der Waals surface area (Å²) in [6.45, 7) is 1.74. The first-order valence-electron chi connectivity index (χ1n) is 5.50. The molecule has 1 aromatic rings. The highest BCUT2D eigenvalue weighted by Gasteiger charge is 2.14. The van der Waals surface area contributed by atoms with Gasteiger partial charge >= 0.3 is 0 Å². The fourth-order valence-corrected chi connectivity index (χ4v) is 1.87. The molecule has 1 fully saturated rings. The number of hydrogen-bond acceptors (Lipinski definition) is 4. The van der Waals surface area contributed by atoms with Crippen molar-refractivity contribution in [1.29, 1.82) is 0 Å². The van der Waals surface area contributed by atoms with E-state index in [2.05, 4.69) is 10.3 Å². The molecule has 1 saturated heterocycles. The van der Waals surface area contributed by atoms with Gasteiger partial charge in [0, 0.05) is 13.2 Å². The molecule has 0 bridgehead atoms. The summed E-state index contributed by atoms with van der Waals surface area (Å²) < 4.78 is 7.31. The van der Waals surface area contributed by atoms with Gasteiger partial charge in [-0.15, -0.1) is 5.10 Å². The molecule has 84 valence electrons. The van der Waals surface area contributed by atoms with E-state index < -0.39 is 0 Å². The van der Waals surface area contributed by atoms with Crippen molar-refractivity contribution in [3.8, 4) is 0 Å². The van der Waals surface area contributed by atoms with E-state index in [0.29, 0.717) is 11.8 Å². The van der Waals surface area contributed by atoms with Crippen LogP contribution in [-0.2, 0) is 17.9 Å². The lowest BCUT2D eigenvalue weighted by Gasteiger charge is -2.07. The third-order valence-corrected chi connectivity index (χ3v) is 2.69. The van der Waals surface area contributed by atoms with E-state index in [1.807, 2.05) is 0 Å². The summed E-state index contributed by atoms with van der Waals surface area (Å²) in [6.07, 6.45) is 6.77. The van der Waals surface area contributed by atoms with Crippen LogP contribution in [0.3, 0.4) is 0 Å². The highest BCUT2D eigenvalue weighted by molar-refractivity contribution is 4.88. The van der Waals surface area contributed by atoms with E-state index in [-0.39, 0.29) is 6.61 Å². The Morgan fingerprint density at radius 1 is 1.60 bits per heavy atom. The molecule has 1 atom stereocenters. The molecule has 0 aromatic carbocycles. The maximum Gasteiger partial charge on any atom is 0.108 e. The van der Waals surface area contributed by atoms with Gasteiger partial charge in [0.15, 0.2) is 0 Å². The van der Waals surface area contributed by atoms with Crippen LogP contribution in [0.2, 0.25) is 0 Å². The molecule has 15 heavy (non-hydrogen) atoms. The number of hydrogen-bond donors (Lipinski definition) is 1. The van der Waals surface area contributed by atoms with Crippen molar-refractivity contribution in [3.05, 3.63) is 11.9 Å². The van der Waals surface area contributed by atoms with Crippen LogP contribution in [-0.4, -0.2) is 32.8 Å². The zero-order valence-electron chi connectivity index (χ0n) is 8.80. The molecule has 0 amide bonds. The fourth-order valence-electron chi connectivity index (χ4n) is 1.87. The maximum atomic E-state index is 8.81. The first-order chi connectivity index (χ1) is 7.38. The number of aliphatic hydroxyl groups excluding tert-OH is 1. The molecule has 2 heterocycles. The first kappa shape index (κ1) is 10.6. The largest absolute Gasteiger partial charge is 0.390 e. The molecule has 1 aliphatic rings. The van der Waals surface area contributed by atoms with Gasteiger partial charge in [-0.3, -0.25) is 4.68 Å². The Hall–Kier alpha value is -0.940. The van der Waals surface area contributed by atoms with Crippen molar-refractivity contribution >= 4 is 0 Å². The summed E-state index contributed by atoms with van der Waals surface area (Å²) in [4.78, 5) is 0. The summed E-state index contributed by atoms with van der Waals surface area (Å²) in [7, 11) is 0. The van der Waals surface area contributed by atoms with E-state index in [9.17, 15) is 0 Å². The first-order valence-corrected chi connectivity index (χ1v) is 5.50. The van der Waals surface area contributed by atoms with E-state index in [0.717, 1.165) is 26.0 Å². The molecule has 2 rings (SSSR count). The van der Waals surface area contributed by atoms with Crippen molar-refractivity contribution in [3.63, 3.8) is 0 Å². The highest BCUT2D eigenvalue weighted by Crippen LogP contribution is 2.16. The minimum absolute atomic E-state index is 0.0360. The van der Waals surface area contributed by atoms with Gasteiger partial charge in [0.25, 0.3) is 0 Å².